The van der Waals surface area contributed by atoms with E-state index < -0.39 is 11.8 Å². The minimum absolute atomic E-state index is 0.0806. The van der Waals surface area contributed by atoms with E-state index in [0.29, 0.717) is 23.4 Å². The van der Waals surface area contributed by atoms with E-state index in [9.17, 15) is 14.4 Å². The summed E-state index contributed by atoms with van der Waals surface area (Å²) in [5.41, 5.74) is 5.83. The summed E-state index contributed by atoms with van der Waals surface area (Å²) in [4.78, 5) is 36.1. The fourth-order valence-corrected chi connectivity index (χ4v) is 3.78. The Labute approximate surface area is 210 Å². The number of halogens is 1. The summed E-state index contributed by atoms with van der Waals surface area (Å²) in [6.07, 6.45) is 1.18. The van der Waals surface area contributed by atoms with Crippen molar-refractivity contribution in [1.82, 2.24) is 16.2 Å². The van der Waals surface area contributed by atoms with Crippen molar-refractivity contribution < 1.29 is 19.1 Å². The Hall–Kier alpha value is -3.50. The average Bonchev–Trinajstić information content (AvgIpc) is 2.83. The third-order valence-corrected chi connectivity index (χ3v) is 5.66. The van der Waals surface area contributed by atoms with Crippen LogP contribution in [0.3, 0.4) is 0 Å². The first kappa shape index (κ1) is 25.1. The molecule has 0 aromatic heterocycles. The van der Waals surface area contributed by atoms with Crippen molar-refractivity contribution in [3.63, 3.8) is 0 Å². The van der Waals surface area contributed by atoms with Crippen LogP contribution in [0.1, 0.15) is 30.1 Å². The highest BCUT2D eigenvalue weighted by atomic mass is 79.9. The van der Waals surface area contributed by atoms with Crippen molar-refractivity contribution in [2.24, 2.45) is 0 Å². The number of nitrogens with one attached hydrogen (secondary N) is 4. The van der Waals surface area contributed by atoms with Crippen LogP contribution < -0.4 is 26.2 Å². The Morgan fingerprint density at radius 2 is 1.68 bits per heavy atom. The first-order valence-electron chi connectivity index (χ1n) is 10.5. The molecule has 8 nitrogen and oxygen atoms in total. The van der Waals surface area contributed by atoms with E-state index in [2.05, 4.69) is 37.4 Å². The molecule has 0 saturated heterocycles. The van der Waals surface area contributed by atoms with Crippen molar-refractivity contribution in [2.75, 3.05) is 11.9 Å². The van der Waals surface area contributed by atoms with Gasteiger partial charge in [0, 0.05) is 17.7 Å². The van der Waals surface area contributed by atoms with Gasteiger partial charge in [0.25, 0.3) is 11.8 Å². The predicted molar refractivity (Wildman–Crippen MR) is 138 cm³/mol. The maximum atomic E-state index is 12.3. The molecule has 4 N–H and O–H groups in total. The van der Waals surface area contributed by atoms with E-state index in [1.54, 1.807) is 30.3 Å². The summed E-state index contributed by atoms with van der Waals surface area (Å²) >= 11 is 8.55. The number of carbonyl (C=O) groups is 3. The number of ether oxygens (including phenoxy) is 1. The molecule has 34 heavy (non-hydrogen) atoms. The molecule has 0 fully saturated rings. The average molecular weight is 543 g/mol. The second-order valence-electron chi connectivity index (χ2n) is 7.22. The van der Waals surface area contributed by atoms with Crippen LogP contribution >= 0.6 is 28.1 Å². The SMILES string of the molecule is CCCC(=O)Nc1ccc(C(=O)NNC(=S)NC(=O)COc2ccc3ccccc3c2Br)cc1. The lowest BCUT2D eigenvalue weighted by Gasteiger charge is -2.13. The van der Waals surface area contributed by atoms with Crippen molar-refractivity contribution in [3.8, 4) is 5.75 Å². The number of anilines is 1. The lowest BCUT2D eigenvalue weighted by atomic mass is 10.1. The number of fused-ring (bicyclic) bond motifs is 1. The number of amides is 3. The second-order valence-corrected chi connectivity index (χ2v) is 8.42. The fraction of sp³-hybridized carbons (Fsp3) is 0.167. The van der Waals surface area contributed by atoms with Crippen molar-refractivity contribution in [2.45, 2.75) is 19.8 Å². The van der Waals surface area contributed by atoms with Gasteiger partial charge in [-0.15, -0.1) is 0 Å². The van der Waals surface area contributed by atoms with E-state index in [1.165, 1.54) is 0 Å². The van der Waals surface area contributed by atoms with Gasteiger partial charge in [-0.25, -0.2) is 0 Å². The summed E-state index contributed by atoms with van der Waals surface area (Å²) in [7, 11) is 0. The molecule has 3 aromatic carbocycles. The number of thiocarbonyl (C=S) groups is 1. The summed E-state index contributed by atoms with van der Waals surface area (Å²) in [6, 6.07) is 17.9. The largest absolute Gasteiger partial charge is 0.483 e. The summed E-state index contributed by atoms with van der Waals surface area (Å²) < 4.78 is 6.34. The molecule has 3 rings (SSSR count). The second kappa shape index (κ2) is 12.1. The van der Waals surface area contributed by atoms with Gasteiger partial charge in [0.1, 0.15) is 5.75 Å². The predicted octanol–water partition coefficient (Wildman–Crippen LogP) is 4.06. The van der Waals surface area contributed by atoms with Crippen molar-refractivity contribution >= 4 is 67.4 Å². The Kier molecular flexibility index (Phi) is 8.94. The monoisotopic (exact) mass is 542 g/mol. The van der Waals surface area contributed by atoms with E-state index in [4.69, 9.17) is 17.0 Å². The van der Waals surface area contributed by atoms with E-state index in [-0.39, 0.29) is 17.6 Å². The fourth-order valence-electron chi connectivity index (χ4n) is 3.00. The highest BCUT2D eigenvalue weighted by Gasteiger charge is 2.11. The van der Waals surface area contributed by atoms with Gasteiger partial charge >= 0.3 is 0 Å². The molecule has 0 aliphatic rings. The number of rotatable bonds is 7. The van der Waals surface area contributed by atoms with Gasteiger partial charge in [-0.1, -0.05) is 37.3 Å². The standard InChI is InChI=1S/C24H23BrN4O4S/c1-2-5-20(30)26-17-11-8-16(9-12-17)23(32)28-29-24(34)27-21(31)14-33-19-13-10-15-6-3-4-7-18(15)22(19)25/h3-4,6-13H,2,5,14H2,1H3,(H,26,30)(H,28,32)(H2,27,29,31,34). The molecule has 3 amide bonds. The van der Waals surface area contributed by atoms with Gasteiger partial charge in [0.15, 0.2) is 11.7 Å². The first-order chi connectivity index (χ1) is 16.4. The lowest BCUT2D eigenvalue weighted by Crippen LogP contribution is -2.49. The van der Waals surface area contributed by atoms with Crippen LogP contribution in [0.4, 0.5) is 5.69 Å². The van der Waals surface area contributed by atoms with Crippen molar-refractivity contribution in [3.05, 3.63) is 70.7 Å². The van der Waals surface area contributed by atoms with E-state index in [0.717, 1.165) is 21.7 Å². The van der Waals surface area contributed by atoms with Gasteiger partial charge in [-0.05, 0) is 75.7 Å². The molecule has 0 bridgehead atoms. The topological polar surface area (TPSA) is 109 Å². The highest BCUT2D eigenvalue weighted by Crippen LogP contribution is 2.32. The van der Waals surface area contributed by atoms with Gasteiger partial charge < -0.3 is 10.1 Å². The Morgan fingerprint density at radius 3 is 2.41 bits per heavy atom. The van der Waals surface area contributed by atoms with Crippen LogP contribution in [0.15, 0.2) is 65.1 Å². The molecule has 0 unspecified atom stereocenters. The molecular formula is C24H23BrN4O4S. The number of hydrogen-bond acceptors (Lipinski definition) is 5. The minimum atomic E-state index is -0.487. The van der Waals surface area contributed by atoms with Crippen LogP contribution in [-0.2, 0) is 9.59 Å². The third-order valence-electron chi connectivity index (χ3n) is 4.64. The highest BCUT2D eigenvalue weighted by molar-refractivity contribution is 9.10. The smallest absolute Gasteiger partial charge is 0.269 e. The van der Waals surface area contributed by atoms with Crippen LogP contribution in [0.2, 0.25) is 0 Å². The van der Waals surface area contributed by atoms with Crippen LogP contribution in [0.25, 0.3) is 10.8 Å². The van der Waals surface area contributed by atoms with Crippen LogP contribution in [0.5, 0.6) is 5.75 Å². The van der Waals surface area contributed by atoms with Gasteiger partial charge in [-0.2, -0.15) is 0 Å². The van der Waals surface area contributed by atoms with Crippen LogP contribution in [0, 0.1) is 0 Å². The Balaban J connectivity index is 1.44. The molecule has 0 saturated carbocycles. The molecule has 0 atom stereocenters. The summed E-state index contributed by atoms with van der Waals surface area (Å²) in [6.45, 7) is 1.65. The van der Waals surface area contributed by atoms with Gasteiger partial charge in [0.05, 0.1) is 4.47 Å². The molecular weight excluding hydrogens is 520 g/mol. The zero-order valence-corrected chi connectivity index (χ0v) is 20.7. The molecule has 10 heteroatoms. The minimum Gasteiger partial charge on any atom is -0.483 e. The molecule has 3 aromatic rings. The zero-order chi connectivity index (χ0) is 24.5. The molecule has 0 aliphatic carbocycles. The lowest BCUT2D eigenvalue weighted by molar-refractivity contribution is -0.121. The zero-order valence-electron chi connectivity index (χ0n) is 18.3. The van der Waals surface area contributed by atoms with Crippen molar-refractivity contribution in [1.29, 1.82) is 0 Å². The van der Waals surface area contributed by atoms with Gasteiger partial charge in [-0.3, -0.25) is 30.6 Å². The molecule has 0 spiro atoms. The number of carbonyl (C=O) groups excluding carboxylic acids is 3. The summed E-state index contributed by atoms with van der Waals surface area (Å²) in [5.74, 6) is -0.506. The van der Waals surface area contributed by atoms with Crippen LogP contribution in [-0.4, -0.2) is 29.4 Å². The summed E-state index contributed by atoms with van der Waals surface area (Å²) in [5, 5.41) is 7.12. The molecule has 0 radical (unpaired) electrons. The number of benzene rings is 3. The van der Waals surface area contributed by atoms with E-state index in [1.807, 2.05) is 37.3 Å². The maximum Gasteiger partial charge on any atom is 0.269 e. The Bertz CT molecular complexity index is 1220. The molecule has 176 valence electrons. The third kappa shape index (κ3) is 7.00. The van der Waals surface area contributed by atoms with Gasteiger partial charge in [0.2, 0.25) is 5.91 Å². The number of hydrogen-bond donors (Lipinski definition) is 4. The maximum absolute atomic E-state index is 12.3. The first-order valence-corrected chi connectivity index (χ1v) is 11.7. The molecule has 0 heterocycles. The molecule has 0 aliphatic heterocycles. The van der Waals surface area contributed by atoms with E-state index >= 15 is 0 Å². The number of hydrazine groups is 1. The Morgan fingerprint density at radius 1 is 0.941 bits per heavy atom. The normalized spacial score (nSPS) is 10.3. The quantitative estimate of drug-likeness (QED) is 0.265.